The lowest BCUT2D eigenvalue weighted by Crippen LogP contribution is -2.46. The Kier molecular flexibility index (Phi) is 5.60. The topological polar surface area (TPSA) is 108 Å². The minimum Gasteiger partial charge on any atom is -0.408 e. The monoisotopic (exact) mass is 400 g/mol. The number of fused-ring (bicyclic) bond motifs is 1. The maximum atomic E-state index is 13.5. The molecule has 1 aromatic carbocycles. The fourth-order valence-corrected chi connectivity index (χ4v) is 3.01. The van der Waals surface area contributed by atoms with E-state index in [1.54, 1.807) is 0 Å². The summed E-state index contributed by atoms with van der Waals surface area (Å²) in [5.74, 6) is -1.58. The highest BCUT2D eigenvalue weighted by Crippen LogP contribution is 2.35. The molecule has 0 saturated heterocycles. The summed E-state index contributed by atoms with van der Waals surface area (Å²) in [5.41, 5.74) is -0.719. The molecular formula is C21H25FN4O3. The summed E-state index contributed by atoms with van der Waals surface area (Å²) in [6.07, 6.45) is 3.43. The van der Waals surface area contributed by atoms with Gasteiger partial charge in [0.1, 0.15) is 28.8 Å². The van der Waals surface area contributed by atoms with Gasteiger partial charge in [0.25, 0.3) is 0 Å². The number of hydrogen-bond donors (Lipinski definition) is 2. The highest BCUT2D eigenvalue weighted by Gasteiger charge is 2.45. The zero-order valence-corrected chi connectivity index (χ0v) is 16.8. The van der Waals surface area contributed by atoms with Gasteiger partial charge in [0.05, 0.1) is 11.5 Å². The van der Waals surface area contributed by atoms with Gasteiger partial charge in [-0.25, -0.2) is 9.18 Å². The summed E-state index contributed by atoms with van der Waals surface area (Å²) in [6, 6.07) is 5.24. The van der Waals surface area contributed by atoms with Gasteiger partial charge in [-0.15, -0.1) is 0 Å². The second-order valence-electron chi connectivity index (χ2n) is 8.41. The van der Waals surface area contributed by atoms with E-state index < -0.39 is 23.2 Å². The van der Waals surface area contributed by atoms with Crippen molar-refractivity contribution in [1.82, 2.24) is 10.3 Å². The third-order valence-electron chi connectivity index (χ3n) is 5.62. The standard InChI is InChI=1S/C21H25FN4O3/c1-4-20(2,3)8-7-15(18(27)26-21(12-23)9-10-21)24-17-14-6-5-13(22)11-16(14)29-19(28)25-17/h5-6,11,15H,4,7-10H2,1-3H3,(H,26,27)(H,24,25,28)/t15-/m0/s1. The van der Waals surface area contributed by atoms with Crippen molar-refractivity contribution in [3.05, 3.63) is 34.6 Å². The number of rotatable bonds is 8. The number of hydrogen-bond acceptors (Lipinski definition) is 6. The SMILES string of the molecule is CCC(C)(C)CC[C@H](Nc1nc(=O)oc2cc(F)ccc12)C(=O)NC1(C#N)CC1. The Morgan fingerprint density at radius 3 is 2.79 bits per heavy atom. The zero-order chi connectivity index (χ0) is 21.2. The second kappa shape index (κ2) is 7.82. The minimum absolute atomic E-state index is 0.0288. The molecule has 0 spiro atoms. The smallest absolute Gasteiger partial charge is 0.408 e. The Bertz CT molecular complexity index is 1020. The molecule has 0 bridgehead atoms. The lowest BCUT2D eigenvalue weighted by molar-refractivity contribution is -0.122. The molecule has 1 atom stereocenters. The maximum absolute atomic E-state index is 13.5. The van der Waals surface area contributed by atoms with Crippen molar-refractivity contribution >= 4 is 22.7 Å². The molecule has 2 N–H and O–H groups in total. The molecule has 0 unspecified atom stereocenters. The molecule has 8 heteroatoms. The van der Waals surface area contributed by atoms with E-state index in [4.69, 9.17) is 4.42 Å². The molecule has 154 valence electrons. The number of halogens is 1. The molecule has 1 aromatic heterocycles. The first-order chi connectivity index (χ1) is 13.7. The van der Waals surface area contributed by atoms with Crippen LogP contribution in [0.5, 0.6) is 0 Å². The van der Waals surface area contributed by atoms with Crippen LogP contribution in [0.4, 0.5) is 10.2 Å². The highest BCUT2D eigenvalue weighted by molar-refractivity contribution is 5.91. The number of carbonyl (C=O) groups excluding carboxylic acids is 1. The third kappa shape index (κ3) is 4.91. The van der Waals surface area contributed by atoms with Crippen molar-refractivity contribution in [2.75, 3.05) is 5.32 Å². The average Bonchev–Trinajstić information content (AvgIpc) is 3.44. The Morgan fingerprint density at radius 2 is 2.17 bits per heavy atom. The van der Waals surface area contributed by atoms with Crippen LogP contribution in [0.15, 0.2) is 27.4 Å². The van der Waals surface area contributed by atoms with Crippen molar-refractivity contribution in [1.29, 1.82) is 5.26 Å². The number of benzene rings is 1. The predicted molar refractivity (Wildman–Crippen MR) is 107 cm³/mol. The molecular weight excluding hydrogens is 375 g/mol. The van der Waals surface area contributed by atoms with Gasteiger partial charge >= 0.3 is 5.76 Å². The Balaban J connectivity index is 1.90. The Hall–Kier alpha value is -2.95. The first-order valence-electron chi connectivity index (χ1n) is 9.77. The van der Waals surface area contributed by atoms with Crippen molar-refractivity contribution in [2.24, 2.45) is 5.41 Å². The normalized spacial score (nSPS) is 16.1. The highest BCUT2D eigenvalue weighted by atomic mass is 19.1. The number of carbonyl (C=O) groups is 1. The van der Waals surface area contributed by atoms with Gasteiger partial charge < -0.3 is 15.1 Å². The van der Waals surface area contributed by atoms with Crippen LogP contribution < -0.4 is 16.4 Å². The van der Waals surface area contributed by atoms with Crippen molar-refractivity contribution in [2.45, 2.75) is 64.5 Å². The summed E-state index contributed by atoms with van der Waals surface area (Å²) in [6.45, 7) is 6.32. The van der Waals surface area contributed by atoms with Crippen LogP contribution in [0.3, 0.4) is 0 Å². The number of amides is 1. The Morgan fingerprint density at radius 1 is 1.45 bits per heavy atom. The van der Waals surface area contributed by atoms with Crippen molar-refractivity contribution in [3.63, 3.8) is 0 Å². The van der Waals surface area contributed by atoms with Crippen molar-refractivity contribution in [3.8, 4) is 6.07 Å². The molecule has 2 aromatic rings. The summed E-state index contributed by atoms with van der Waals surface area (Å²) in [4.78, 5) is 28.6. The fourth-order valence-electron chi connectivity index (χ4n) is 3.01. The van der Waals surface area contributed by atoms with Crippen LogP contribution in [0.1, 0.15) is 52.9 Å². The Labute approximate surface area is 168 Å². The summed E-state index contributed by atoms with van der Waals surface area (Å²) < 4.78 is 18.5. The van der Waals surface area contributed by atoms with E-state index >= 15 is 0 Å². The number of anilines is 1. The summed E-state index contributed by atoms with van der Waals surface area (Å²) >= 11 is 0. The van der Waals surface area contributed by atoms with E-state index in [-0.39, 0.29) is 22.7 Å². The van der Waals surface area contributed by atoms with Crippen LogP contribution in [-0.4, -0.2) is 22.5 Å². The average molecular weight is 400 g/mol. The van der Waals surface area contributed by atoms with Gasteiger partial charge in [-0.1, -0.05) is 27.2 Å². The van der Waals surface area contributed by atoms with Crippen LogP contribution in [0.25, 0.3) is 11.0 Å². The molecule has 1 saturated carbocycles. The number of aromatic nitrogens is 1. The van der Waals surface area contributed by atoms with Crippen LogP contribution in [0, 0.1) is 22.6 Å². The van der Waals surface area contributed by atoms with Gasteiger partial charge in [0, 0.05) is 6.07 Å². The first-order valence-corrected chi connectivity index (χ1v) is 9.77. The summed E-state index contributed by atoms with van der Waals surface area (Å²) in [7, 11) is 0. The maximum Gasteiger partial charge on any atom is 0.441 e. The van der Waals surface area contributed by atoms with Gasteiger partial charge in [-0.3, -0.25) is 4.79 Å². The number of nitrogens with zero attached hydrogens (tertiary/aromatic N) is 2. The first kappa shape index (κ1) is 20.8. The van der Waals surface area contributed by atoms with Gasteiger partial charge in [-0.2, -0.15) is 10.2 Å². The van der Waals surface area contributed by atoms with E-state index in [0.717, 1.165) is 18.9 Å². The molecule has 7 nitrogen and oxygen atoms in total. The molecule has 0 radical (unpaired) electrons. The lowest BCUT2D eigenvalue weighted by Gasteiger charge is -2.27. The van der Waals surface area contributed by atoms with E-state index in [9.17, 15) is 19.2 Å². The zero-order valence-electron chi connectivity index (χ0n) is 16.8. The van der Waals surface area contributed by atoms with Crippen LogP contribution in [0.2, 0.25) is 0 Å². The van der Waals surface area contributed by atoms with E-state index in [2.05, 4.69) is 42.5 Å². The van der Waals surface area contributed by atoms with Gasteiger partial charge in [0.15, 0.2) is 0 Å². The quantitative estimate of drug-likeness (QED) is 0.702. The molecule has 0 aliphatic heterocycles. The van der Waals surface area contributed by atoms with Crippen LogP contribution in [-0.2, 0) is 4.79 Å². The van der Waals surface area contributed by atoms with Crippen LogP contribution >= 0.6 is 0 Å². The van der Waals surface area contributed by atoms with Crippen molar-refractivity contribution < 1.29 is 13.6 Å². The molecule has 1 fully saturated rings. The fraction of sp³-hybridized carbons (Fsp3) is 0.524. The molecule has 1 aliphatic carbocycles. The van der Waals surface area contributed by atoms with E-state index in [1.807, 2.05) is 0 Å². The number of nitriles is 1. The summed E-state index contributed by atoms with van der Waals surface area (Å²) in [5, 5.41) is 15.5. The van der Waals surface area contributed by atoms with E-state index in [0.29, 0.717) is 24.6 Å². The van der Waals surface area contributed by atoms with Gasteiger partial charge in [0.2, 0.25) is 5.91 Å². The largest absolute Gasteiger partial charge is 0.441 e. The molecule has 29 heavy (non-hydrogen) atoms. The minimum atomic E-state index is -0.880. The molecule has 3 rings (SSSR count). The third-order valence-corrected chi connectivity index (χ3v) is 5.62. The van der Waals surface area contributed by atoms with Gasteiger partial charge in [-0.05, 0) is 43.2 Å². The molecule has 1 aliphatic rings. The lowest BCUT2D eigenvalue weighted by atomic mass is 9.83. The van der Waals surface area contributed by atoms with E-state index in [1.165, 1.54) is 12.1 Å². The molecule has 1 amide bonds. The number of nitrogens with one attached hydrogen (secondary N) is 2. The second-order valence-corrected chi connectivity index (χ2v) is 8.41. The predicted octanol–water partition coefficient (Wildman–Crippen LogP) is 3.50. The molecule has 1 heterocycles.